The zero-order valence-corrected chi connectivity index (χ0v) is 16.1. The molecule has 1 atom stereocenters. The first-order valence-corrected chi connectivity index (χ1v) is 10.1. The first-order valence-electron chi connectivity index (χ1n) is 10.1. The van der Waals surface area contributed by atoms with E-state index in [9.17, 15) is 13.2 Å². The van der Waals surface area contributed by atoms with Crippen LogP contribution in [0.5, 0.6) is 5.75 Å². The molecule has 0 aromatic heterocycles. The number of halogens is 3. The molecule has 4 rings (SSSR count). The second kappa shape index (κ2) is 8.16. The molecule has 0 radical (unpaired) electrons. The smallest absolute Gasteiger partial charge is 0.175 e. The Hall–Kier alpha value is -2.01. The summed E-state index contributed by atoms with van der Waals surface area (Å²) in [6.45, 7) is 2.40. The lowest BCUT2D eigenvalue weighted by molar-refractivity contribution is 0.0518. The third-order valence-corrected chi connectivity index (χ3v) is 5.94. The quantitative estimate of drug-likeness (QED) is 0.546. The maximum Gasteiger partial charge on any atom is 0.175 e. The highest BCUT2D eigenvalue weighted by molar-refractivity contribution is 5.86. The van der Waals surface area contributed by atoms with Crippen LogP contribution in [-0.4, -0.2) is 13.2 Å². The number of ether oxygens (including phenoxy) is 2. The van der Waals surface area contributed by atoms with Crippen molar-refractivity contribution in [3.8, 4) is 5.75 Å². The molecule has 5 heteroatoms. The molecule has 2 aliphatic rings. The van der Waals surface area contributed by atoms with Gasteiger partial charge in [0.15, 0.2) is 23.2 Å². The molecule has 1 saturated carbocycles. The van der Waals surface area contributed by atoms with Gasteiger partial charge in [-0.3, -0.25) is 0 Å². The molecule has 2 aromatic rings. The van der Waals surface area contributed by atoms with Crippen molar-refractivity contribution in [2.45, 2.75) is 51.6 Å². The fourth-order valence-electron chi connectivity index (χ4n) is 4.44. The highest BCUT2D eigenvalue weighted by atomic mass is 19.2. The van der Waals surface area contributed by atoms with Crippen molar-refractivity contribution >= 4 is 10.8 Å². The summed E-state index contributed by atoms with van der Waals surface area (Å²) in [5, 5.41) is -0.0676. The molecule has 0 spiro atoms. The Morgan fingerprint density at radius 1 is 1.04 bits per heavy atom. The predicted molar refractivity (Wildman–Crippen MR) is 103 cm³/mol. The molecule has 0 saturated heterocycles. The normalized spacial score (nSPS) is 21.0. The molecule has 28 heavy (non-hydrogen) atoms. The molecule has 2 aromatic carbocycles. The lowest BCUT2D eigenvalue weighted by atomic mass is 9.82. The minimum atomic E-state index is -1.18. The van der Waals surface area contributed by atoms with Gasteiger partial charge in [0.25, 0.3) is 0 Å². The topological polar surface area (TPSA) is 18.5 Å². The summed E-state index contributed by atoms with van der Waals surface area (Å²) >= 11 is 0. The van der Waals surface area contributed by atoms with Gasteiger partial charge in [0.2, 0.25) is 0 Å². The molecule has 0 bridgehead atoms. The summed E-state index contributed by atoms with van der Waals surface area (Å²) in [6, 6.07) is 4.50. The van der Waals surface area contributed by atoms with Crippen molar-refractivity contribution in [2.75, 3.05) is 13.2 Å². The maximum atomic E-state index is 14.8. The molecule has 150 valence electrons. The standard InChI is InChI=1S/C23H25F3O2/c1-2-27-19-11-8-15-12-17(21(24)23(26)20(15)22(19)25)18-10-9-16(13-28-18)14-6-4-3-5-7-14/h8-9,11-12,14,18H,2-7,10,13H2,1H3. The van der Waals surface area contributed by atoms with Crippen LogP contribution in [0.3, 0.4) is 0 Å². The SMILES string of the molecule is CCOc1ccc2cc(C3CC=C(C4CCCCC4)CO3)c(F)c(F)c2c1F. The Kier molecular flexibility index (Phi) is 5.63. The van der Waals surface area contributed by atoms with Gasteiger partial charge in [-0.2, -0.15) is 0 Å². The van der Waals surface area contributed by atoms with Crippen molar-refractivity contribution < 1.29 is 22.6 Å². The molecule has 1 fully saturated rings. The molecular formula is C23H25F3O2. The highest BCUT2D eigenvalue weighted by Crippen LogP contribution is 2.39. The third kappa shape index (κ3) is 3.52. The van der Waals surface area contributed by atoms with Gasteiger partial charge in [-0.15, -0.1) is 0 Å². The van der Waals surface area contributed by atoms with Crippen molar-refractivity contribution in [2.24, 2.45) is 5.92 Å². The van der Waals surface area contributed by atoms with E-state index in [0.29, 0.717) is 24.3 Å². The number of rotatable bonds is 4. The molecule has 0 N–H and O–H groups in total. The van der Waals surface area contributed by atoms with Crippen LogP contribution in [0.25, 0.3) is 10.8 Å². The minimum Gasteiger partial charge on any atom is -0.491 e. The molecule has 2 nitrogen and oxygen atoms in total. The highest BCUT2D eigenvalue weighted by Gasteiger charge is 2.28. The van der Waals surface area contributed by atoms with E-state index in [0.717, 1.165) is 0 Å². The fraction of sp³-hybridized carbons (Fsp3) is 0.478. The molecule has 1 heterocycles. The monoisotopic (exact) mass is 390 g/mol. The maximum absolute atomic E-state index is 14.8. The van der Waals surface area contributed by atoms with Crippen LogP contribution in [-0.2, 0) is 4.74 Å². The van der Waals surface area contributed by atoms with Crippen LogP contribution in [0.1, 0.15) is 57.1 Å². The van der Waals surface area contributed by atoms with E-state index >= 15 is 0 Å². The van der Waals surface area contributed by atoms with Crippen LogP contribution in [0, 0.1) is 23.4 Å². The lowest BCUT2D eigenvalue weighted by Gasteiger charge is -2.30. The summed E-state index contributed by atoms with van der Waals surface area (Å²) in [7, 11) is 0. The largest absolute Gasteiger partial charge is 0.491 e. The van der Waals surface area contributed by atoms with Crippen LogP contribution in [0.4, 0.5) is 13.2 Å². The van der Waals surface area contributed by atoms with E-state index in [1.165, 1.54) is 49.8 Å². The summed E-state index contributed by atoms with van der Waals surface area (Å²) in [6.07, 6.45) is 8.21. The number of hydrogen-bond acceptors (Lipinski definition) is 2. The molecule has 1 unspecified atom stereocenters. The van der Waals surface area contributed by atoms with E-state index in [2.05, 4.69) is 6.08 Å². The second-order valence-corrected chi connectivity index (χ2v) is 7.65. The van der Waals surface area contributed by atoms with E-state index < -0.39 is 23.6 Å². The number of benzene rings is 2. The summed E-state index contributed by atoms with van der Waals surface area (Å²) in [4.78, 5) is 0. The summed E-state index contributed by atoms with van der Waals surface area (Å²) < 4.78 is 55.1. The zero-order chi connectivity index (χ0) is 19.7. The van der Waals surface area contributed by atoms with Gasteiger partial charge >= 0.3 is 0 Å². The van der Waals surface area contributed by atoms with Crippen LogP contribution in [0.15, 0.2) is 29.8 Å². The van der Waals surface area contributed by atoms with Crippen molar-refractivity contribution in [1.82, 2.24) is 0 Å². The van der Waals surface area contributed by atoms with Crippen LogP contribution in [0.2, 0.25) is 0 Å². The Morgan fingerprint density at radius 2 is 1.82 bits per heavy atom. The van der Waals surface area contributed by atoms with Gasteiger partial charge in [0.1, 0.15) is 0 Å². The average molecular weight is 390 g/mol. The lowest BCUT2D eigenvalue weighted by Crippen LogP contribution is -2.20. The molecule has 0 amide bonds. The van der Waals surface area contributed by atoms with E-state index in [1.807, 2.05) is 0 Å². The fourth-order valence-corrected chi connectivity index (χ4v) is 4.44. The average Bonchev–Trinajstić information content (AvgIpc) is 2.73. The van der Waals surface area contributed by atoms with Gasteiger partial charge in [0, 0.05) is 5.56 Å². The van der Waals surface area contributed by atoms with Crippen molar-refractivity contribution in [3.05, 3.63) is 52.9 Å². The molecular weight excluding hydrogens is 365 g/mol. The predicted octanol–water partition coefficient (Wildman–Crippen LogP) is 6.62. The number of hydrogen-bond donors (Lipinski definition) is 0. The summed E-state index contributed by atoms with van der Waals surface area (Å²) in [5.41, 5.74) is 1.43. The minimum absolute atomic E-state index is 0.0741. The molecule has 1 aliphatic carbocycles. The van der Waals surface area contributed by atoms with E-state index in [4.69, 9.17) is 9.47 Å². The van der Waals surface area contributed by atoms with E-state index in [1.54, 1.807) is 13.0 Å². The Bertz CT molecular complexity index is 901. The zero-order valence-electron chi connectivity index (χ0n) is 16.1. The molecule has 1 aliphatic heterocycles. The van der Waals surface area contributed by atoms with Crippen molar-refractivity contribution in [3.63, 3.8) is 0 Å². The first-order chi connectivity index (χ1) is 13.6. The van der Waals surface area contributed by atoms with Gasteiger partial charge in [-0.05, 0) is 55.2 Å². The Balaban J connectivity index is 1.63. The summed E-state index contributed by atoms with van der Waals surface area (Å²) in [5.74, 6) is -2.61. The Labute approximate surface area is 163 Å². The number of fused-ring (bicyclic) bond motifs is 1. The second-order valence-electron chi connectivity index (χ2n) is 7.65. The van der Waals surface area contributed by atoms with Gasteiger partial charge < -0.3 is 9.47 Å². The van der Waals surface area contributed by atoms with E-state index in [-0.39, 0.29) is 23.3 Å². The van der Waals surface area contributed by atoms with Gasteiger partial charge in [-0.1, -0.05) is 31.4 Å². The van der Waals surface area contributed by atoms with Gasteiger partial charge in [0.05, 0.1) is 24.7 Å². The van der Waals surface area contributed by atoms with Crippen LogP contribution >= 0.6 is 0 Å². The van der Waals surface area contributed by atoms with Crippen LogP contribution < -0.4 is 4.74 Å². The van der Waals surface area contributed by atoms with Crippen molar-refractivity contribution in [1.29, 1.82) is 0 Å². The third-order valence-electron chi connectivity index (χ3n) is 5.94. The first kappa shape index (κ1) is 19.3. The van der Waals surface area contributed by atoms with Gasteiger partial charge in [-0.25, -0.2) is 13.2 Å². The Morgan fingerprint density at radius 3 is 2.50 bits per heavy atom.